The van der Waals surface area contributed by atoms with Gasteiger partial charge in [-0.2, -0.15) is 0 Å². The van der Waals surface area contributed by atoms with Gasteiger partial charge in [0.05, 0.1) is 12.7 Å². The third-order valence-electron chi connectivity index (χ3n) is 2.13. The summed E-state index contributed by atoms with van der Waals surface area (Å²) in [6.45, 7) is 5.46. The number of hydrogen-bond donors (Lipinski definition) is 1. The molecule has 1 N–H and O–H groups in total. The van der Waals surface area contributed by atoms with E-state index in [2.05, 4.69) is 0 Å². The summed E-state index contributed by atoms with van der Waals surface area (Å²) in [5.74, 6) is 0.426. The molecule has 0 unspecified atom stereocenters. The second-order valence-corrected chi connectivity index (χ2v) is 4.46. The minimum absolute atomic E-state index is 0.0331. The summed E-state index contributed by atoms with van der Waals surface area (Å²) in [4.78, 5) is 11.9. The van der Waals surface area contributed by atoms with Crippen molar-refractivity contribution in [2.24, 2.45) is 5.41 Å². The Kier molecular flexibility index (Phi) is 3.03. The molecule has 15 heavy (non-hydrogen) atoms. The highest BCUT2D eigenvalue weighted by molar-refractivity contribution is 6.02. The minimum atomic E-state index is -0.494. The van der Waals surface area contributed by atoms with Crippen LogP contribution in [-0.4, -0.2) is 18.0 Å². The van der Waals surface area contributed by atoms with Crippen molar-refractivity contribution in [3.05, 3.63) is 23.8 Å². The molecular weight excluding hydrogens is 192 g/mol. The molecule has 0 fully saturated rings. The van der Waals surface area contributed by atoms with Gasteiger partial charge in [-0.25, -0.2) is 0 Å². The van der Waals surface area contributed by atoms with Gasteiger partial charge in [0.1, 0.15) is 11.5 Å². The van der Waals surface area contributed by atoms with Crippen LogP contribution in [0.15, 0.2) is 18.2 Å². The van der Waals surface area contributed by atoms with Crippen LogP contribution < -0.4 is 4.74 Å². The molecule has 0 heterocycles. The minimum Gasteiger partial charge on any atom is -0.507 e. The fourth-order valence-corrected chi connectivity index (χ4v) is 1.23. The lowest BCUT2D eigenvalue weighted by Gasteiger charge is -2.17. The molecule has 0 aliphatic heterocycles. The van der Waals surface area contributed by atoms with Crippen LogP contribution in [0.5, 0.6) is 11.5 Å². The molecular formula is C12H16O3. The van der Waals surface area contributed by atoms with E-state index in [1.807, 2.05) is 20.8 Å². The number of hydrogen-bond acceptors (Lipinski definition) is 3. The summed E-state index contributed by atoms with van der Waals surface area (Å²) in [5, 5.41) is 9.66. The van der Waals surface area contributed by atoms with E-state index in [9.17, 15) is 9.90 Å². The second kappa shape index (κ2) is 3.93. The van der Waals surface area contributed by atoms with Crippen LogP contribution in [0.2, 0.25) is 0 Å². The standard InChI is InChI=1S/C12H16O3/c1-12(2,3)11(14)9-6-5-8(15-4)7-10(9)13/h5-7,13H,1-4H3. The zero-order chi connectivity index (χ0) is 11.6. The molecule has 1 rings (SSSR count). The maximum Gasteiger partial charge on any atom is 0.171 e. The topological polar surface area (TPSA) is 46.5 Å². The van der Waals surface area contributed by atoms with E-state index < -0.39 is 5.41 Å². The maximum absolute atomic E-state index is 11.9. The Bertz CT molecular complexity index is 375. The van der Waals surface area contributed by atoms with Crippen molar-refractivity contribution < 1.29 is 14.6 Å². The van der Waals surface area contributed by atoms with E-state index in [1.54, 1.807) is 12.1 Å². The smallest absolute Gasteiger partial charge is 0.171 e. The molecule has 0 radical (unpaired) electrons. The van der Waals surface area contributed by atoms with E-state index in [4.69, 9.17) is 4.74 Å². The number of rotatable bonds is 2. The van der Waals surface area contributed by atoms with Gasteiger partial charge >= 0.3 is 0 Å². The summed E-state index contributed by atoms with van der Waals surface area (Å²) >= 11 is 0. The lowest BCUT2D eigenvalue weighted by Crippen LogP contribution is -2.20. The molecule has 1 aromatic carbocycles. The summed E-state index contributed by atoms with van der Waals surface area (Å²) in [5.41, 5.74) is -0.158. The molecule has 3 heteroatoms. The first-order chi connectivity index (χ1) is 6.86. The Morgan fingerprint density at radius 1 is 1.33 bits per heavy atom. The Labute approximate surface area is 89.7 Å². The fourth-order valence-electron chi connectivity index (χ4n) is 1.23. The average Bonchev–Trinajstić information content (AvgIpc) is 2.15. The normalized spacial score (nSPS) is 11.2. The van der Waals surface area contributed by atoms with Crippen LogP contribution in [0.1, 0.15) is 31.1 Å². The highest BCUT2D eigenvalue weighted by Gasteiger charge is 2.25. The molecule has 0 amide bonds. The molecule has 0 spiro atoms. The van der Waals surface area contributed by atoms with Crippen LogP contribution in [0.3, 0.4) is 0 Å². The van der Waals surface area contributed by atoms with Crippen molar-refractivity contribution in [1.29, 1.82) is 0 Å². The first-order valence-corrected chi connectivity index (χ1v) is 4.78. The van der Waals surface area contributed by atoms with Gasteiger partial charge in [0, 0.05) is 11.5 Å². The molecule has 3 nitrogen and oxygen atoms in total. The molecule has 0 aliphatic rings. The molecule has 0 aromatic heterocycles. The van der Waals surface area contributed by atoms with Gasteiger partial charge in [-0.3, -0.25) is 4.79 Å². The second-order valence-electron chi connectivity index (χ2n) is 4.46. The number of Topliss-reactive ketones (excluding diaryl/α,β-unsaturated/α-hetero) is 1. The van der Waals surface area contributed by atoms with Gasteiger partial charge in [-0.1, -0.05) is 20.8 Å². The fraction of sp³-hybridized carbons (Fsp3) is 0.417. The summed E-state index contributed by atoms with van der Waals surface area (Å²) in [6, 6.07) is 4.69. The predicted molar refractivity (Wildman–Crippen MR) is 58.4 cm³/mol. The number of phenols is 1. The number of carbonyl (C=O) groups excluding carboxylic acids is 1. The van der Waals surface area contributed by atoms with Crippen LogP contribution in [0.4, 0.5) is 0 Å². The van der Waals surface area contributed by atoms with Gasteiger partial charge in [-0.05, 0) is 12.1 Å². The first kappa shape index (κ1) is 11.6. The molecule has 0 bridgehead atoms. The quantitative estimate of drug-likeness (QED) is 0.760. The Morgan fingerprint density at radius 3 is 2.33 bits per heavy atom. The molecule has 0 saturated heterocycles. The van der Waals surface area contributed by atoms with Gasteiger partial charge in [0.25, 0.3) is 0 Å². The van der Waals surface area contributed by atoms with Crippen molar-refractivity contribution in [3.8, 4) is 11.5 Å². The van der Waals surface area contributed by atoms with Crippen LogP contribution in [-0.2, 0) is 0 Å². The Balaban J connectivity index is 3.12. The van der Waals surface area contributed by atoms with E-state index in [0.717, 1.165) is 0 Å². The monoisotopic (exact) mass is 208 g/mol. The Morgan fingerprint density at radius 2 is 1.93 bits per heavy atom. The maximum atomic E-state index is 11.9. The number of benzene rings is 1. The number of phenolic OH excluding ortho intramolecular Hbond substituents is 1. The highest BCUT2D eigenvalue weighted by atomic mass is 16.5. The van der Waals surface area contributed by atoms with E-state index in [1.165, 1.54) is 13.2 Å². The highest BCUT2D eigenvalue weighted by Crippen LogP contribution is 2.29. The van der Waals surface area contributed by atoms with E-state index >= 15 is 0 Å². The van der Waals surface area contributed by atoms with Gasteiger partial charge in [0.2, 0.25) is 0 Å². The van der Waals surface area contributed by atoms with Gasteiger partial charge in [-0.15, -0.1) is 0 Å². The largest absolute Gasteiger partial charge is 0.507 e. The predicted octanol–water partition coefficient (Wildman–Crippen LogP) is 2.63. The molecule has 0 aliphatic carbocycles. The Hall–Kier alpha value is -1.51. The number of methoxy groups -OCH3 is 1. The van der Waals surface area contributed by atoms with Crippen LogP contribution in [0, 0.1) is 5.41 Å². The van der Waals surface area contributed by atoms with Gasteiger partial charge < -0.3 is 9.84 Å². The number of ketones is 1. The van der Waals surface area contributed by atoms with E-state index in [0.29, 0.717) is 11.3 Å². The van der Waals surface area contributed by atoms with Crippen molar-refractivity contribution in [2.75, 3.05) is 7.11 Å². The SMILES string of the molecule is COc1ccc(C(=O)C(C)(C)C)c(O)c1. The zero-order valence-electron chi connectivity index (χ0n) is 9.50. The number of ether oxygens (including phenoxy) is 1. The lowest BCUT2D eigenvalue weighted by molar-refractivity contribution is 0.0855. The molecule has 82 valence electrons. The third-order valence-corrected chi connectivity index (χ3v) is 2.13. The van der Waals surface area contributed by atoms with Crippen molar-refractivity contribution >= 4 is 5.78 Å². The molecule has 1 aromatic rings. The first-order valence-electron chi connectivity index (χ1n) is 4.78. The van der Waals surface area contributed by atoms with Crippen molar-refractivity contribution in [1.82, 2.24) is 0 Å². The third kappa shape index (κ3) is 2.49. The summed E-state index contributed by atoms with van der Waals surface area (Å²) in [7, 11) is 1.51. The number of aromatic hydroxyl groups is 1. The summed E-state index contributed by atoms with van der Waals surface area (Å²) in [6.07, 6.45) is 0. The van der Waals surface area contributed by atoms with Crippen LogP contribution in [0.25, 0.3) is 0 Å². The van der Waals surface area contributed by atoms with E-state index in [-0.39, 0.29) is 11.5 Å². The summed E-state index contributed by atoms with van der Waals surface area (Å²) < 4.78 is 4.94. The zero-order valence-corrected chi connectivity index (χ0v) is 9.50. The average molecular weight is 208 g/mol. The number of carbonyl (C=O) groups is 1. The lowest BCUT2D eigenvalue weighted by atomic mass is 9.86. The van der Waals surface area contributed by atoms with Gasteiger partial charge in [0.15, 0.2) is 5.78 Å². The molecule has 0 saturated carbocycles. The van der Waals surface area contributed by atoms with Crippen molar-refractivity contribution in [2.45, 2.75) is 20.8 Å². The van der Waals surface area contributed by atoms with Crippen LogP contribution >= 0.6 is 0 Å². The van der Waals surface area contributed by atoms with Crippen molar-refractivity contribution in [3.63, 3.8) is 0 Å². The molecule has 0 atom stereocenters.